The average Bonchev–Trinajstić information content (AvgIpc) is 2.05. The Morgan fingerprint density at radius 2 is 2.00 bits per heavy atom. The van der Waals surface area contributed by atoms with Crippen LogP contribution in [-0.2, 0) is 0 Å². The van der Waals surface area contributed by atoms with E-state index in [0.29, 0.717) is 0 Å². The lowest BCUT2D eigenvalue weighted by molar-refractivity contribution is 1.27. The summed E-state index contributed by atoms with van der Waals surface area (Å²) < 4.78 is 0. The van der Waals surface area contributed by atoms with Gasteiger partial charge in [0.25, 0.3) is 0 Å². The third-order valence-electron chi connectivity index (χ3n) is 1.40. The quantitative estimate of drug-likeness (QED) is 0.433. The molecule has 0 N–H and O–H groups in total. The molecule has 0 heteroatoms. The molecule has 0 unspecified atom stereocenters. The molecule has 0 aliphatic carbocycles. The summed E-state index contributed by atoms with van der Waals surface area (Å²) in [7, 11) is 0. The van der Waals surface area contributed by atoms with E-state index in [1.165, 1.54) is 0 Å². The molecule has 0 fully saturated rings. The van der Waals surface area contributed by atoms with E-state index in [0.717, 1.165) is 17.6 Å². The zero-order valence-electron chi connectivity index (χ0n) is 7.30. The maximum absolute atomic E-state index is 3.78. The van der Waals surface area contributed by atoms with E-state index in [2.05, 4.69) is 18.4 Å². The third-order valence-corrected chi connectivity index (χ3v) is 1.40. The minimum atomic E-state index is 0.787. The lowest BCUT2D eigenvalue weighted by atomic mass is 10.2. The average molecular weight is 156 g/mol. The molecule has 0 bridgehead atoms. The monoisotopic (exact) mass is 156 g/mol. The molecule has 0 aliphatic heterocycles. The van der Waals surface area contributed by atoms with Crippen molar-refractivity contribution in [1.29, 1.82) is 0 Å². The van der Waals surface area contributed by atoms with Crippen molar-refractivity contribution in [3.63, 3.8) is 0 Å². The Labute approximate surface area is 73.9 Å². The van der Waals surface area contributed by atoms with Crippen molar-refractivity contribution in [2.24, 2.45) is 0 Å². The normalized spacial score (nSPS) is 8.42. The predicted octanol–water partition coefficient (Wildman–Crippen LogP) is 3.00. The summed E-state index contributed by atoms with van der Waals surface area (Å²) in [6.07, 6.45) is 0.787. The molecule has 0 saturated carbocycles. The first kappa shape index (κ1) is 8.62. The Morgan fingerprint density at radius 3 is 2.58 bits per heavy atom. The maximum Gasteiger partial charge on any atom is 0.0297 e. The van der Waals surface area contributed by atoms with Gasteiger partial charge in [-0.3, -0.25) is 0 Å². The highest BCUT2D eigenvalue weighted by Gasteiger charge is 1.81. The molecule has 0 heterocycles. The van der Waals surface area contributed by atoms with Gasteiger partial charge in [0.1, 0.15) is 0 Å². The lowest BCUT2D eigenvalue weighted by Gasteiger charge is -1.87. The van der Waals surface area contributed by atoms with Crippen LogP contribution in [0.3, 0.4) is 0 Å². The molecule has 0 nitrogen and oxygen atoms in total. The summed E-state index contributed by atoms with van der Waals surface area (Å²) in [6, 6.07) is 9.98. The zero-order valence-corrected chi connectivity index (χ0v) is 7.30. The van der Waals surface area contributed by atoms with Crippen molar-refractivity contribution >= 4 is 0 Å². The fraction of sp³-hybridized carbons (Fsp3) is 0.167. The molecule has 12 heavy (non-hydrogen) atoms. The molecule has 0 aliphatic rings. The fourth-order valence-electron chi connectivity index (χ4n) is 0.819. The van der Waals surface area contributed by atoms with Gasteiger partial charge in [-0.1, -0.05) is 42.2 Å². The van der Waals surface area contributed by atoms with Gasteiger partial charge in [-0.2, -0.15) is 0 Å². The van der Waals surface area contributed by atoms with Crippen LogP contribution in [0.1, 0.15) is 18.9 Å². The first-order valence-corrected chi connectivity index (χ1v) is 3.97. The Hall–Kier alpha value is -1.48. The molecular weight excluding hydrogens is 144 g/mol. The Bertz CT molecular complexity index is 309. The molecule has 1 aromatic rings. The molecule has 60 valence electrons. The van der Waals surface area contributed by atoms with Crippen LogP contribution in [0, 0.1) is 11.8 Å². The third kappa shape index (κ3) is 3.07. The predicted molar refractivity (Wildman–Crippen MR) is 52.8 cm³/mol. The second-order valence-corrected chi connectivity index (χ2v) is 2.80. The van der Waals surface area contributed by atoms with Crippen LogP contribution in [0.4, 0.5) is 0 Å². The maximum atomic E-state index is 3.78. The van der Waals surface area contributed by atoms with Crippen molar-refractivity contribution in [3.05, 3.63) is 48.0 Å². The van der Waals surface area contributed by atoms with Crippen molar-refractivity contribution < 1.29 is 0 Å². The Morgan fingerprint density at radius 1 is 1.33 bits per heavy atom. The number of rotatable bonds is 1. The first-order chi connectivity index (χ1) is 5.79. The largest absolute Gasteiger partial charge is 0.0992 e. The van der Waals surface area contributed by atoms with Crippen molar-refractivity contribution in [1.82, 2.24) is 0 Å². The number of hydrogen-bond acceptors (Lipinski definition) is 0. The smallest absolute Gasteiger partial charge is 0.0297 e. The molecule has 0 radical (unpaired) electrons. The fourth-order valence-corrected chi connectivity index (χ4v) is 0.819. The molecule has 1 aromatic carbocycles. The Kier molecular flexibility index (Phi) is 3.17. The van der Waals surface area contributed by atoms with Crippen LogP contribution in [0.5, 0.6) is 0 Å². The highest BCUT2D eigenvalue weighted by Crippen LogP contribution is 1.97. The van der Waals surface area contributed by atoms with Crippen LogP contribution in [0.25, 0.3) is 0 Å². The summed E-state index contributed by atoms with van der Waals surface area (Å²) in [5.41, 5.74) is 2.18. The number of hydrogen-bond donors (Lipinski definition) is 0. The van der Waals surface area contributed by atoms with E-state index in [1.54, 1.807) is 0 Å². The van der Waals surface area contributed by atoms with Crippen LogP contribution >= 0.6 is 0 Å². The minimum absolute atomic E-state index is 0.787. The van der Waals surface area contributed by atoms with Crippen molar-refractivity contribution in [3.8, 4) is 11.8 Å². The highest BCUT2D eigenvalue weighted by atomic mass is 13.9. The Balaban J connectivity index is 2.61. The lowest BCUT2D eigenvalue weighted by Crippen LogP contribution is -1.72. The van der Waals surface area contributed by atoms with E-state index in [-0.39, 0.29) is 0 Å². The van der Waals surface area contributed by atoms with Gasteiger partial charge in [-0.25, -0.2) is 0 Å². The topological polar surface area (TPSA) is 0 Å². The van der Waals surface area contributed by atoms with E-state index >= 15 is 0 Å². The molecule has 0 amide bonds. The van der Waals surface area contributed by atoms with E-state index in [1.807, 2.05) is 37.3 Å². The van der Waals surface area contributed by atoms with Gasteiger partial charge in [-0.15, -0.1) is 0 Å². The van der Waals surface area contributed by atoms with Crippen molar-refractivity contribution in [2.75, 3.05) is 0 Å². The summed E-state index contributed by atoms with van der Waals surface area (Å²) in [6.45, 7) is 5.77. The molecule has 1 rings (SSSR count). The summed E-state index contributed by atoms with van der Waals surface area (Å²) in [5.74, 6) is 6.12. The minimum Gasteiger partial charge on any atom is -0.0992 e. The van der Waals surface area contributed by atoms with Crippen LogP contribution < -0.4 is 0 Å². The number of benzene rings is 1. The molecule has 0 saturated heterocycles. The van der Waals surface area contributed by atoms with Gasteiger partial charge in [-0.05, 0) is 19.1 Å². The summed E-state index contributed by atoms with van der Waals surface area (Å²) >= 11 is 0. The van der Waals surface area contributed by atoms with Gasteiger partial charge in [0, 0.05) is 12.0 Å². The SMILES string of the molecule is C=C(C)CC#Cc1ccccc1. The second kappa shape index (κ2) is 4.41. The van der Waals surface area contributed by atoms with Crippen LogP contribution in [0.15, 0.2) is 42.5 Å². The molecular formula is C12H12. The van der Waals surface area contributed by atoms with Gasteiger partial charge >= 0.3 is 0 Å². The highest BCUT2D eigenvalue weighted by molar-refractivity contribution is 5.34. The number of allylic oxidation sites excluding steroid dienone is 1. The summed E-state index contributed by atoms with van der Waals surface area (Å²) in [4.78, 5) is 0. The van der Waals surface area contributed by atoms with Gasteiger partial charge in [0.05, 0.1) is 0 Å². The zero-order chi connectivity index (χ0) is 8.81. The van der Waals surface area contributed by atoms with Gasteiger partial charge < -0.3 is 0 Å². The standard InChI is InChI=1S/C12H12/c1-11(2)7-6-10-12-8-4-3-5-9-12/h3-5,8-9H,1,7H2,2H3. The second-order valence-electron chi connectivity index (χ2n) is 2.80. The van der Waals surface area contributed by atoms with Gasteiger partial charge in [0.15, 0.2) is 0 Å². The van der Waals surface area contributed by atoms with Crippen LogP contribution in [-0.4, -0.2) is 0 Å². The molecule has 0 aromatic heterocycles. The van der Waals surface area contributed by atoms with E-state index in [9.17, 15) is 0 Å². The first-order valence-electron chi connectivity index (χ1n) is 3.97. The summed E-state index contributed by atoms with van der Waals surface area (Å²) in [5, 5.41) is 0. The van der Waals surface area contributed by atoms with Gasteiger partial charge in [0.2, 0.25) is 0 Å². The van der Waals surface area contributed by atoms with E-state index in [4.69, 9.17) is 0 Å². The molecule has 0 atom stereocenters. The molecule has 0 spiro atoms. The van der Waals surface area contributed by atoms with E-state index < -0.39 is 0 Å². The van der Waals surface area contributed by atoms with Crippen LogP contribution in [0.2, 0.25) is 0 Å². The van der Waals surface area contributed by atoms with Crippen molar-refractivity contribution in [2.45, 2.75) is 13.3 Å².